The van der Waals surface area contributed by atoms with Crippen LogP contribution in [0.4, 0.5) is 0 Å². The SMILES string of the molecule is Cc1nc2n(n1)CC[C@H]2c1ccccc1. The minimum atomic E-state index is 0.437. The molecule has 0 fully saturated rings. The van der Waals surface area contributed by atoms with Crippen molar-refractivity contribution in [3.8, 4) is 0 Å². The van der Waals surface area contributed by atoms with Gasteiger partial charge in [0.25, 0.3) is 0 Å². The van der Waals surface area contributed by atoms with Crippen LogP contribution in [0.15, 0.2) is 30.3 Å². The molecule has 0 saturated heterocycles. The highest BCUT2D eigenvalue weighted by molar-refractivity contribution is 5.27. The van der Waals surface area contributed by atoms with Crippen molar-refractivity contribution in [2.45, 2.75) is 25.8 Å². The van der Waals surface area contributed by atoms with Gasteiger partial charge in [-0.3, -0.25) is 0 Å². The molecule has 1 atom stereocenters. The average Bonchev–Trinajstić information content (AvgIpc) is 2.77. The number of hydrogen-bond acceptors (Lipinski definition) is 2. The van der Waals surface area contributed by atoms with Crippen molar-refractivity contribution in [1.82, 2.24) is 14.8 Å². The summed E-state index contributed by atoms with van der Waals surface area (Å²) in [4.78, 5) is 4.50. The molecule has 1 aromatic heterocycles. The molecule has 15 heavy (non-hydrogen) atoms. The molecule has 0 spiro atoms. The zero-order valence-corrected chi connectivity index (χ0v) is 8.72. The lowest BCUT2D eigenvalue weighted by molar-refractivity contribution is 0.642. The van der Waals surface area contributed by atoms with E-state index in [1.54, 1.807) is 0 Å². The van der Waals surface area contributed by atoms with Gasteiger partial charge in [-0.2, -0.15) is 5.10 Å². The third kappa shape index (κ3) is 1.35. The van der Waals surface area contributed by atoms with Gasteiger partial charge in [-0.15, -0.1) is 0 Å². The van der Waals surface area contributed by atoms with Crippen LogP contribution in [0.3, 0.4) is 0 Å². The topological polar surface area (TPSA) is 30.7 Å². The van der Waals surface area contributed by atoms with Crippen molar-refractivity contribution >= 4 is 0 Å². The van der Waals surface area contributed by atoms with E-state index in [1.807, 2.05) is 11.6 Å². The maximum Gasteiger partial charge on any atom is 0.147 e. The van der Waals surface area contributed by atoms with Crippen molar-refractivity contribution in [3.63, 3.8) is 0 Å². The Labute approximate surface area is 88.8 Å². The molecule has 2 aromatic rings. The second kappa shape index (κ2) is 3.19. The minimum Gasteiger partial charge on any atom is -0.249 e. The standard InChI is InChI=1S/C12H13N3/c1-9-13-12-11(7-8-15(12)14-9)10-5-3-2-4-6-10/h2-6,11H,7-8H2,1H3/t11-/m0/s1. The van der Waals surface area contributed by atoms with Crippen molar-refractivity contribution in [1.29, 1.82) is 0 Å². The van der Waals surface area contributed by atoms with E-state index in [1.165, 1.54) is 5.56 Å². The average molecular weight is 199 g/mol. The van der Waals surface area contributed by atoms with Crippen LogP contribution in [0.25, 0.3) is 0 Å². The summed E-state index contributed by atoms with van der Waals surface area (Å²) < 4.78 is 2.03. The number of aryl methyl sites for hydroxylation is 2. The Morgan fingerprint density at radius 2 is 2.07 bits per heavy atom. The third-order valence-electron chi connectivity index (χ3n) is 2.95. The summed E-state index contributed by atoms with van der Waals surface area (Å²) in [5.74, 6) is 2.44. The molecule has 1 aliphatic rings. The van der Waals surface area contributed by atoms with Gasteiger partial charge < -0.3 is 0 Å². The Morgan fingerprint density at radius 3 is 2.87 bits per heavy atom. The van der Waals surface area contributed by atoms with Gasteiger partial charge in [0.2, 0.25) is 0 Å². The Morgan fingerprint density at radius 1 is 1.27 bits per heavy atom. The Balaban J connectivity index is 2.03. The summed E-state index contributed by atoms with van der Waals surface area (Å²) in [5, 5.41) is 4.37. The summed E-state index contributed by atoms with van der Waals surface area (Å²) >= 11 is 0. The Kier molecular flexibility index (Phi) is 1.84. The zero-order chi connectivity index (χ0) is 10.3. The van der Waals surface area contributed by atoms with Crippen molar-refractivity contribution < 1.29 is 0 Å². The molecule has 0 aliphatic carbocycles. The molecule has 3 rings (SSSR count). The van der Waals surface area contributed by atoms with Crippen molar-refractivity contribution in [2.24, 2.45) is 0 Å². The third-order valence-corrected chi connectivity index (χ3v) is 2.95. The monoisotopic (exact) mass is 199 g/mol. The molecule has 0 unspecified atom stereocenters. The molecule has 76 valence electrons. The molecule has 0 amide bonds. The molecule has 0 bridgehead atoms. The van der Waals surface area contributed by atoms with Gasteiger partial charge in [0.15, 0.2) is 0 Å². The number of aromatic nitrogens is 3. The number of nitrogens with zero attached hydrogens (tertiary/aromatic N) is 3. The maximum absolute atomic E-state index is 4.50. The fourth-order valence-electron chi connectivity index (χ4n) is 2.28. The largest absolute Gasteiger partial charge is 0.249 e. The first-order valence-corrected chi connectivity index (χ1v) is 5.31. The number of benzene rings is 1. The second-order valence-corrected chi connectivity index (χ2v) is 3.99. The van der Waals surface area contributed by atoms with E-state index in [0.29, 0.717) is 5.92 Å². The normalized spacial score (nSPS) is 19.1. The van der Waals surface area contributed by atoms with Gasteiger partial charge in [0.1, 0.15) is 11.6 Å². The van der Waals surface area contributed by atoms with E-state index in [4.69, 9.17) is 0 Å². The van der Waals surface area contributed by atoms with Crippen LogP contribution < -0.4 is 0 Å². The molecule has 1 aromatic carbocycles. The summed E-state index contributed by atoms with van der Waals surface area (Å²) in [6.45, 7) is 2.95. The van der Waals surface area contributed by atoms with E-state index in [2.05, 4.69) is 40.4 Å². The molecule has 2 heterocycles. The van der Waals surface area contributed by atoms with Gasteiger partial charge in [-0.25, -0.2) is 9.67 Å². The van der Waals surface area contributed by atoms with E-state index < -0.39 is 0 Å². The smallest absolute Gasteiger partial charge is 0.147 e. The predicted molar refractivity (Wildman–Crippen MR) is 57.7 cm³/mol. The fourth-order valence-corrected chi connectivity index (χ4v) is 2.28. The molecule has 0 saturated carbocycles. The highest BCUT2D eigenvalue weighted by Crippen LogP contribution is 2.32. The lowest BCUT2D eigenvalue weighted by atomic mass is 9.97. The van der Waals surface area contributed by atoms with E-state index >= 15 is 0 Å². The molecular weight excluding hydrogens is 186 g/mol. The lowest BCUT2D eigenvalue weighted by Crippen LogP contribution is -1.98. The minimum absolute atomic E-state index is 0.437. The van der Waals surface area contributed by atoms with E-state index in [-0.39, 0.29) is 0 Å². The van der Waals surface area contributed by atoms with Crippen LogP contribution in [0.5, 0.6) is 0 Å². The van der Waals surface area contributed by atoms with E-state index in [0.717, 1.165) is 24.6 Å². The summed E-state index contributed by atoms with van der Waals surface area (Å²) in [7, 11) is 0. The number of hydrogen-bond donors (Lipinski definition) is 0. The Hall–Kier alpha value is -1.64. The molecular formula is C12H13N3. The second-order valence-electron chi connectivity index (χ2n) is 3.99. The summed E-state index contributed by atoms with van der Waals surface area (Å²) in [6.07, 6.45) is 1.12. The van der Waals surface area contributed by atoms with Crippen LogP contribution in [-0.2, 0) is 6.54 Å². The van der Waals surface area contributed by atoms with Crippen molar-refractivity contribution in [2.75, 3.05) is 0 Å². The van der Waals surface area contributed by atoms with Gasteiger partial charge in [0, 0.05) is 12.5 Å². The first kappa shape index (κ1) is 8.65. The van der Waals surface area contributed by atoms with Crippen LogP contribution in [0, 0.1) is 6.92 Å². The van der Waals surface area contributed by atoms with Crippen LogP contribution in [0.1, 0.15) is 29.6 Å². The highest BCUT2D eigenvalue weighted by Gasteiger charge is 2.26. The molecule has 0 radical (unpaired) electrons. The molecule has 1 aliphatic heterocycles. The number of fused-ring (bicyclic) bond motifs is 1. The lowest BCUT2D eigenvalue weighted by Gasteiger charge is -2.07. The first-order valence-electron chi connectivity index (χ1n) is 5.31. The molecule has 0 N–H and O–H groups in total. The summed E-state index contributed by atoms with van der Waals surface area (Å²) in [6, 6.07) is 10.6. The van der Waals surface area contributed by atoms with Gasteiger partial charge in [0.05, 0.1) is 0 Å². The first-order chi connectivity index (χ1) is 7.34. The summed E-state index contributed by atoms with van der Waals surface area (Å²) in [5.41, 5.74) is 1.35. The molecule has 3 heteroatoms. The van der Waals surface area contributed by atoms with Crippen molar-refractivity contribution in [3.05, 3.63) is 47.5 Å². The van der Waals surface area contributed by atoms with Gasteiger partial charge >= 0.3 is 0 Å². The Bertz CT molecular complexity index is 473. The zero-order valence-electron chi connectivity index (χ0n) is 8.72. The van der Waals surface area contributed by atoms with Gasteiger partial charge in [-0.05, 0) is 18.9 Å². The molecule has 3 nitrogen and oxygen atoms in total. The van der Waals surface area contributed by atoms with Crippen LogP contribution in [-0.4, -0.2) is 14.8 Å². The van der Waals surface area contributed by atoms with Crippen LogP contribution >= 0.6 is 0 Å². The van der Waals surface area contributed by atoms with Gasteiger partial charge in [-0.1, -0.05) is 30.3 Å². The van der Waals surface area contributed by atoms with Crippen LogP contribution in [0.2, 0.25) is 0 Å². The van der Waals surface area contributed by atoms with E-state index in [9.17, 15) is 0 Å². The maximum atomic E-state index is 4.50. The number of rotatable bonds is 1. The highest BCUT2D eigenvalue weighted by atomic mass is 15.4. The fraction of sp³-hybridized carbons (Fsp3) is 0.333. The quantitative estimate of drug-likeness (QED) is 0.704. The predicted octanol–water partition coefficient (Wildman–Crippen LogP) is 2.12.